The summed E-state index contributed by atoms with van der Waals surface area (Å²) in [5.74, 6) is -4.32. The Bertz CT molecular complexity index is 1650. The third-order valence-corrected chi connectivity index (χ3v) is 7.43. The van der Waals surface area contributed by atoms with Crippen LogP contribution in [0.1, 0.15) is 24.2 Å². The number of rotatable bonds is 7. The molecule has 3 heterocycles. The molecule has 0 aliphatic carbocycles. The van der Waals surface area contributed by atoms with Gasteiger partial charge in [0.25, 0.3) is 0 Å². The van der Waals surface area contributed by atoms with Crippen LogP contribution in [-0.2, 0) is 16.1 Å². The highest BCUT2D eigenvalue weighted by Gasteiger charge is 2.33. The van der Waals surface area contributed by atoms with Gasteiger partial charge in [-0.15, -0.1) is 0 Å². The molecule has 0 radical (unpaired) electrons. The second-order valence-corrected chi connectivity index (χ2v) is 10.0. The molecule has 2 amide bonds. The molecule has 2 fully saturated rings. The minimum Gasteiger partial charge on any atom is -0.477 e. The predicted octanol–water partition coefficient (Wildman–Crippen LogP) is 2.92. The van der Waals surface area contributed by atoms with Gasteiger partial charge in [-0.05, 0) is 31.2 Å². The van der Waals surface area contributed by atoms with Crippen LogP contribution in [0.3, 0.4) is 0 Å². The summed E-state index contributed by atoms with van der Waals surface area (Å²) in [6.07, 6.45) is -0.176. The molecule has 0 bridgehead atoms. The number of halogens is 3. The molecule has 14 heteroatoms. The Hall–Kier alpha value is -4.75. The Morgan fingerprint density at radius 2 is 1.74 bits per heavy atom. The van der Waals surface area contributed by atoms with Gasteiger partial charge < -0.3 is 29.5 Å². The maximum Gasteiger partial charge on any atom is 0.414 e. The molecule has 222 valence electrons. The fraction of sp³-hybridized carbons (Fsp3) is 0.357. The van der Waals surface area contributed by atoms with Crippen LogP contribution in [0.25, 0.3) is 10.9 Å². The van der Waals surface area contributed by atoms with Crippen LogP contribution in [0.4, 0.5) is 35.0 Å². The Morgan fingerprint density at radius 1 is 1.05 bits per heavy atom. The van der Waals surface area contributed by atoms with Crippen molar-refractivity contribution in [3.05, 3.63) is 63.7 Å². The summed E-state index contributed by atoms with van der Waals surface area (Å²) < 4.78 is 52.7. The molecule has 2 saturated heterocycles. The van der Waals surface area contributed by atoms with Crippen LogP contribution in [0.5, 0.6) is 0 Å². The van der Waals surface area contributed by atoms with E-state index in [2.05, 4.69) is 5.32 Å². The number of carbonyl (C=O) groups excluding carboxylic acids is 2. The Balaban J connectivity index is 1.34. The number of aromatic nitrogens is 1. The molecule has 2 aliphatic rings. The number of amides is 2. The largest absolute Gasteiger partial charge is 0.477 e. The maximum atomic E-state index is 15.8. The number of pyridine rings is 1. The van der Waals surface area contributed by atoms with Crippen molar-refractivity contribution < 1.29 is 37.4 Å². The van der Waals surface area contributed by atoms with Crippen LogP contribution in [-0.4, -0.2) is 73.0 Å². The molecule has 2 aliphatic heterocycles. The lowest BCUT2D eigenvalue weighted by Crippen LogP contribution is -2.47. The second-order valence-electron chi connectivity index (χ2n) is 10.0. The minimum absolute atomic E-state index is 0.132. The van der Waals surface area contributed by atoms with Crippen LogP contribution in [0.15, 0.2) is 35.3 Å². The predicted molar refractivity (Wildman–Crippen MR) is 148 cm³/mol. The number of benzene rings is 2. The number of hydrogen-bond donors (Lipinski definition) is 2. The van der Waals surface area contributed by atoms with Gasteiger partial charge in [0.15, 0.2) is 5.82 Å². The number of fused-ring (bicyclic) bond motifs is 1. The van der Waals surface area contributed by atoms with Gasteiger partial charge in [-0.25, -0.2) is 22.8 Å². The molecule has 1 aromatic heterocycles. The number of carboxylic acid groups (broad SMARTS) is 1. The molecule has 1 unspecified atom stereocenters. The van der Waals surface area contributed by atoms with E-state index in [-0.39, 0.29) is 74.0 Å². The average Bonchev–Trinajstić information content (AvgIpc) is 3.33. The highest BCUT2D eigenvalue weighted by atomic mass is 19.1. The van der Waals surface area contributed by atoms with Gasteiger partial charge in [0.05, 0.1) is 35.4 Å². The number of nitrogens with zero attached hydrogens (tertiary/aromatic N) is 4. The summed E-state index contributed by atoms with van der Waals surface area (Å²) in [4.78, 5) is 52.0. The minimum atomic E-state index is -1.49. The van der Waals surface area contributed by atoms with Crippen molar-refractivity contribution in [1.29, 1.82) is 0 Å². The summed E-state index contributed by atoms with van der Waals surface area (Å²) >= 11 is 0. The van der Waals surface area contributed by atoms with E-state index in [9.17, 15) is 24.3 Å². The number of carbonyl (C=O) groups is 3. The van der Waals surface area contributed by atoms with E-state index in [1.807, 2.05) is 0 Å². The standard InChI is InChI=1S/C28H28F3N5O6/c1-3-33-14-19(27(39)40)26(38)18-11-21(30)25(23(31)24(18)33)35-8-6-34(7-9-35)22-5-4-16(10-20(22)29)36-13-17(42-28(36)41)12-32-15(2)37/h4-5,10-11,14,17H,3,6-9,12-13H2,1-2H3,(H,32,37)(H,39,40). The summed E-state index contributed by atoms with van der Waals surface area (Å²) in [7, 11) is 0. The van der Waals surface area contributed by atoms with E-state index >= 15 is 13.2 Å². The SMILES string of the molecule is CCn1cc(C(=O)O)c(=O)c2cc(F)c(N3CCN(c4ccc(N5CC(CNC(C)=O)OC5=O)cc4F)CC3)c(F)c21. The first kappa shape index (κ1) is 28.8. The Labute approximate surface area is 237 Å². The molecule has 2 N–H and O–H groups in total. The highest BCUT2D eigenvalue weighted by molar-refractivity contribution is 5.94. The Morgan fingerprint density at radius 3 is 2.36 bits per heavy atom. The first-order valence-electron chi connectivity index (χ1n) is 13.3. The molecular formula is C28H28F3N5O6. The molecule has 11 nitrogen and oxygen atoms in total. The number of cyclic esters (lactones) is 1. The fourth-order valence-electron chi connectivity index (χ4n) is 5.36. The highest BCUT2D eigenvalue weighted by Crippen LogP contribution is 2.33. The van der Waals surface area contributed by atoms with Gasteiger partial charge in [-0.3, -0.25) is 14.5 Å². The monoisotopic (exact) mass is 587 g/mol. The van der Waals surface area contributed by atoms with E-state index in [4.69, 9.17) is 4.74 Å². The summed E-state index contributed by atoms with van der Waals surface area (Å²) in [5, 5.41) is 11.5. The average molecular weight is 588 g/mol. The summed E-state index contributed by atoms with van der Waals surface area (Å²) in [6.45, 7) is 4.12. The van der Waals surface area contributed by atoms with Crippen molar-refractivity contribution in [3.8, 4) is 0 Å². The lowest BCUT2D eigenvalue weighted by molar-refractivity contribution is -0.119. The maximum absolute atomic E-state index is 15.8. The van der Waals surface area contributed by atoms with Gasteiger partial charge in [0.1, 0.15) is 29.0 Å². The number of carboxylic acids is 1. The van der Waals surface area contributed by atoms with Crippen molar-refractivity contribution in [2.45, 2.75) is 26.5 Å². The number of ether oxygens (including phenoxy) is 1. The first-order valence-corrected chi connectivity index (χ1v) is 13.3. The molecule has 1 atom stereocenters. The van der Waals surface area contributed by atoms with Crippen molar-refractivity contribution in [2.75, 3.05) is 54.0 Å². The van der Waals surface area contributed by atoms with E-state index in [1.54, 1.807) is 17.9 Å². The third kappa shape index (κ3) is 5.19. The van der Waals surface area contributed by atoms with Crippen molar-refractivity contribution >= 4 is 45.9 Å². The normalized spacial score (nSPS) is 17.1. The first-order chi connectivity index (χ1) is 20.0. The van der Waals surface area contributed by atoms with Crippen LogP contribution >= 0.6 is 0 Å². The van der Waals surface area contributed by atoms with E-state index in [0.29, 0.717) is 5.69 Å². The number of aryl methyl sites for hydroxylation is 1. The van der Waals surface area contributed by atoms with E-state index < -0.39 is 46.6 Å². The number of hydrogen-bond acceptors (Lipinski definition) is 7. The third-order valence-electron chi connectivity index (χ3n) is 7.43. The summed E-state index contributed by atoms with van der Waals surface area (Å²) in [5.41, 5.74) is -1.54. The van der Waals surface area contributed by atoms with E-state index in [1.165, 1.54) is 33.4 Å². The van der Waals surface area contributed by atoms with Crippen LogP contribution in [0, 0.1) is 17.5 Å². The van der Waals surface area contributed by atoms with E-state index in [0.717, 1.165) is 12.3 Å². The molecule has 5 rings (SSSR count). The molecule has 0 spiro atoms. The molecular weight excluding hydrogens is 559 g/mol. The zero-order valence-electron chi connectivity index (χ0n) is 22.8. The fourth-order valence-corrected chi connectivity index (χ4v) is 5.36. The quantitative estimate of drug-likeness (QED) is 0.433. The second kappa shape index (κ2) is 11.3. The number of piperazine rings is 1. The zero-order chi connectivity index (χ0) is 30.3. The van der Waals surface area contributed by atoms with Crippen molar-refractivity contribution in [1.82, 2.24) is 9.88 Å². The Kier molecular flexibility index (Phi) is 7.71. The lowest BCUT2D eigenvalue weighted by atomic mass is 10.1. The van der Waals surface area contributed by atoms with Crippen LogP contribution in [0.2, 0.25) is 0 Å². The van der Waals surface area contributed by atoms with Gasteiger partial charge in [0, 0.05) is 45.8 Å². The molecule has 0 saturated carbocycles. The molecule has 3 aromatic rings. The summed E-state index contributed by atoms with van der Waals surface area (Å²) in [6, 6.07) is 5.17. The number of aromatic carboxylic acids is 1. The van der Waals surface area contributed by atoms with Gasteiger partial charge in [-0.2, -0.15) is 0 Å². The number of nitrogens with one attached hydrogen (secondary N) is 1. The smallest absolute Gasteiger partial charge is 0.414 e. The zero-order valence-corrected chi connectivity index (χ0v) is 22.8. The molecule has 42 heavy (non-hydrogen) atoms. The number of anilines is 3. The lowest BCUT2D eigenvalue weighted by Gasteiger charge is -2.38. The van der Waals surface area contributed by atoms with Crippen molar-refractivity contribution in [2.24, 2.45) is 0 Å². The van der Waals surface area contributed by atoms with Crippen LogP contribution < -0.4 is 25.4 Å². The molecule has 2 aromatic carbocycles. The van der Waals surface area contributed by atoms with Gasteiger partial charge >= 0.3 is 12.1 Å². The van der Waals surface area contributed by atoms with Gasteiger partial charge in [0.2, 0.25) is 11.3 Å². The topological polar surface area (TPSA) is 124 Å². The van der Waals surface area contributed by atoms with Gasteiger partial charge in [-0.1, -0.05) is 0 Å². The van der Waals surface area contributed by atoms with Crippen molar-refractivity contribution in [3.63, 3.8) is 0 Å².